The highest BCUT2D eigenvalue weighted by atomic mass is 32.1. The van der Waals surface area contributed by atoms with E-state index in [1.807, 2.05) is 0 Å². The van der Waals surface area contributed by atoms with Crippen molar-refractivity contribution in [3.05, 3.63) is 46.7 Å². The minimum atomic E-state index is -0.992. The van der Waals surface area contributed by atoms with Gasteiger partial charge in [-0.05, 0) is 18.2 Å². The number of anilines is 1. The van der Waals surface area contributed by atoms with Crippen molar-refractivity contribution in [3.8, 4) is 0 Å². The van der Waals surface area contributed by atoms with E-state index >= 15 is 0 Å². The van der Waals surface area contributed by atoms with Crippen molar-refractivity contribution >= 4 is 28.3 Å². The fraction of sp³-hybridized carbons (Fsp3) is 0.0833. The van der Waals surface area contributed by atoms with E-state index in [2.05, 4.69) is 10.3 Å². The summed E-state index contributed by atoms with van der Waals surface area (Å²) in [6.45, 7) is 0. The molecule has 1 heterocycles. The summed E-state index contributed by atoms with van der Waals surface area (Å²) in [6, 6.07) is 5.26. The highest BCUT2D eigenvalue weighted by Crippen LogP contribution is 2.17. The van der Waals surface area contributed by atoms with Crippen LogP contribution >= 0.6 is 11.3 Å². The Morgan fingerprint density at radius 3 is 2.89 bits per heavy atom. The number of halogens is 1. The first-order chi connectivity index (χ1) is 9.04. The van der Waals surface area contributed by atoms with E-state index in [9.17, 15) is 14.0 Å². The van der Waals surface area contributed by atoms with Crippen LogP contribution in [-0.2, 0) is 11.2 Å². The van der Waals surface area contributed by atoms with Gasteiger partial charge in [0.05, 0.1) is 12.1 Å². The number of carbonyl (C=O) groups excluding carboxylic acids is 1. The van der Waals surface area contributed by atoms with Crippen LogP contribution in [0.5, 0.6) is 0 Å². The van der Waals surface area contributed by atoms with Crippen LogP contribution in [0.1, 0.15) is 16.1 Å². The standard InChI is InChI=1S/C12H9FN2O3S/c13-8-3-1-2-7(4-8)11(18)15-12-14-9(6-19-12)5-10(16)17/h1-4,6H,5H2,(H,16,17)(H,14,15,18). The second-order valence-electron chi connectivity index (χ2n) is 3.68. The van der Waals surface area contributed by atoms with Crippen LogP contribution in [0.2, 0.25) is 0 Å². The molecule has 2 rings (SSSR count). The van der Waals surface area contributed by atoms with Gasteiger partial charge in [0.25, 0.3) is 5.91 Å². The van der Waals surface area contributed by atoms with Crippen molar-refractivity contribution in [3.63, 3.8) is 0 Å². The third-order valence-corrected chi connectivity index (χ3v) is 3.00. The van der Waals surface area contributed by atoms with Crippen LogP contribution < -0.4 is 5.32 Å². The lowest BCUT2D eigenvalue weighted by atomic mass is 10.2. The summed E-state index contributed by atoms with van der Waals surface area (Å²) in [5.74, 6) is -1.98. The first-order valence-electron chi connectivity index (χ1n) is 5.28. The number of aliphatic carboxylic acids is 1. The summed E-state index contributed by atoms with van der Waals surface area (Å²) in [5, 5.41) is 12.9. The smallest absolute Gasteiger partial charge is 0.309 e. The molecule has 0 aliphatic carbocycles. The van der Waals surface area contributed by atoms with Crippen LogP contribution in [0, 0.1) is 5.82 Å². The zero-order valence-corrected chi connectivity index (χ0v) is 10.4. The van der Waals surface area contributed by atoms with Gasteiger partial charge in [0.1, 0.15) is 5.82 Å². The molecule has 5 nitrogen and oxygen atoms in total. The molecule has 2 N–H and O–H groups in total. The number of amides is 1. The molecule has 0 aliphatic rings. The predicted molar refractivity (Wildman–Crippen MR) is 67.8 cm³/mol. The normalized spacial score (nSPS) is 10.2. The van der Waals surface area contributed by atoms with Crippen LogP contribution in [0.3, 0.4) is 0 Å². The van der Waals surface area contributed by atoms with Gasteiger partial charge in [0.15, 0.2) is 5.13 Å². The number of thiazole rings is 1. The third-order valence-electron chi connectivity index (χ3n) is 2.19. The van der Waals surface area contributed by atoms with Crippen molar-refractivity contribution in [2.45, 2.75) is 6.42 Å². The fourth-order valence-corrected chi connectivity index (χ4v) is 2.10. The first kappa shape index (κ1) is 13.2. The summed E-state index contributed by atoms with van der Waals surface area (Å²) < 4.78 is 13.0. The van der Waals surface area contributed by atoms with E-state index in [4.69, 9.17) is 5.11 Å². The molecule has 0 aliphatic heterocycles. The molecule has 0 radical (unpaired) electrons. The lowest BCUT2D eigenvalue weighted by molar-refractivity contribution is -0.136. The van der Waals surface area contributed by atoms with Gasteiger partial charge in [0, 0.05) is 10.9 Å². The third kappa shape index (κ3) is 3.59. The molecule has 0 bridgehead atoms. The molecular formula is C12H9FN2O3S. The molecule has 1 aromatic carbocycles. The average molecular weight is 280 g/mol. The molecule has 7 heteroatoms. The maximum atomic E-state index is 13.0. The first-order valence-corrected chi connectivity index (χ1v) is 6.15. The molecule has 2 aromatic rings. The zero-order chi connectivity index (χ0) is 13.8. The van der Waals surface area contributed by atoms with Gasteiger partial charge >= 0.3 is 5.97 Å². The van der Waals surface area contributed by atoms with Crippen LogP contribution in [0.4, 0.5) is 9.52 Å². The number of nitrogens with one attached hydrogen (secondary N) is 1. The summed E-state index contributed by atoms with van der Waals surface area (Å²) in [7, 11) is 0. The predicted octanol–water partition coefficient (Wildman–Crippen LogP) is 2.16. The maximum Gasteiger partial charge on any atom is 0.309 e. The topological polar surface area (TPSA) is 79.3 Å². The van der Waals surface area contributed by atoms with Crippen LogP contribution in [-0.4, -0.2) is 22.0 Å². The molecule has 1 amide bonds. The van der Waals surface area contributed by atoms with E-state index in [1.165, 1.54) is 18.2 Å². The maximum absolute atomic E-state index is 13.0. The van der Waals surface area contributed by atoms with Gasteiger partial charge < -0.3 is 5.11 Å². The minimum absolute atomic E-state index is 0.176. The van der Waals surface area contributed by atoms with Crippen molar-refractivity contribution in [2.24, 2.45) is 0 Å². The Bertz CT molecular complexity index is 627. The Kier molecular flexibility index (Phi) is 3.86. The number of carbonyl (C=O) groups is 2. The van der Waals surface area contributed by atoms with Crippen molar-refractivity contribution in [1.29, 1.82) is 0 Å². The SMILES string of the molecule is O=C(O)Cc1csc(NC(=O)c2cccc(F)c2)n1. The number of carboxylic acids is 1. The molecule has 1 aromatic heterocycles. The summed E-state index contributed by atoms with van der Waals surface area (Å²) in [6.07, 6.45) is -0.202. The summed E-state index contributed by atoms with van der Waals surface area (Å²) in [4.78, 5) is 26.2. The van der Waals surface area contributed by atoms with Crippen molar-refractivity contribution in [2.75, 3.05) is 5.32 Å². The van der Waals surface area contributed by atoms with Crippen LogP contribution in [0.25, 0.3) is 0 Å². The average Bonchev–Trinajstić information content (AvgIpc) is 2.75. The number of carboxylic acid groups (broad SMARTS) is 1. The Morgan fingerprint density at radius 1 is 1.42 bits per heavy atom. The molecule has 0 saturated carbocycles. The van der Waals surface area contributed by atoms with E-state index in [1.54, 1.807) is 5.38 Å². The van der Waals surface area contributed by atoms with E-state index in [0.29, 0.717) is 5.69 Å². The Balaban J connectivity index is 2.06. The van der Waals surface area contributed by atoms with Gasteiger partial charge in [-0.2, -0.15) is 0 Å². The van der Waals surface area contributed by atoms with Crippen LogP contribution in [0.15, 0.2) is 29.6 Å². The molecule has 0 fully saturated rings. The molecule has 0 unspecified atom stereocenters. The zero-order valence-electron chi connectivity index (χ0n) is 9.59. The molecule has 98 valence electrons. The quantitative estimate of drug-likeness (QED) is 0.899. The highest BCUT2D eigenvalue weighted by molar-refractivity contribution is 7.14. The van der Waals surface area contributed by atoms with E-state index < -0.39 is 17.7 Å². The number of rotatable bonds is 4. The Morgan fingerprint density at radius 2 is 2.21 bits per heavy atom. The molecule has 19 heavy (non-hydrogen) atoms. The number of aromatic nitrogens is 1. The Labute approximate surface area is 111 Å². The highest BCUT2D eigenvalue weighted by Gasteiger charge is 2.11. The monoisotopic (exact) mass is 280 g/mol. The van der Waals surface area contributed by atoms with E-state index in [0.717, 1.165) is 17.4 Å². The number of benzene rings is 1. The molecule has 0 atom stereocenters. The van der Waals surface area contributed by atoms with Gasteiger partial charge in [0.2, 0.25) is 0 Å². The summed E-state index contributed by atoms with van der Waals surface area (Å²) >= 11 is 1.12. The lowest BCUT2D eigenvalue weighted by Gasteiger charge is -2.01. The number of nitrogens with zero attached hydrogens (tertiary/aromatic N) is 1. The van der Waals surface area contributed by atoms with Crippen molar-refractivity contribution < 1.29 is 19.1 Å². The van der Waals surface area contributed by atoms with Gasteiger partial charge in [-0.15, -0.1) is 11.3 Å². The molecule has 0 spiro atoms. The fourth-order valence-electron chi connectivity index (χ4n) is 1.40. The minimum Gasteiger partial charge on any atom is -0.481 e. The Hall–Kier alpha value is -2.28. The van der Waals surface area contributed by atoms with Gasteiger partial charge in [-0.1, -0.05) is 6.07 Å². The van der Waals surface area contributed by atoms with E-state index in [-0.39, 0.29) is 17.1 Å². The second-order valence-corrected chi connectivity index (χ2v) is 4.54. The second kappa shape index (κ2) is 5.57. The number of hydrogen-bond donors (Lipinski definition) is 2. The van der Waals surface area contributed by atoms with Gasteiger partial charge in [-0.3, -0.25) is 14.9 Å². The molecular weight excluding hydrogens is 271 g/mol. The largest absolute Gasteiger partial charge is 0.481 e. The lowest BCUT2D eigenvalue weighted by Crippen LogP contribution is -2.12. The van der Waals surface area contributed by atoms with Gasteiger partial charge in [-0.25, -0.2) is 9.37 Å². The summed E-state index contributed by atoms with van der Waals surface area (Å²) in [5.41, 5.74) is 0.544. The van der Waals surface area contributed by atoms with Crippen molar-refractivity contribution in [1.82, 2.24) is 4.98 Å². The molecule has 0 saturated heterocycles. The number of hydrogen-bond acceptors (Lipinski definition) is 4.